The normalized spacial score (nSPS) is 14.4. The number of amides is 1. The van der Waals surface area contributed by atoms with Crippen LogP contribution in [0.4, 0.5) is 10.5 Å². The van der Waals surface area contributed by atoms with Gasteiger partial charge >= 0.3 is 6.09 Å². The molecule has 1 heterocycles. The first-order valence-electron chi connectivity index (χ1n) is 7.67. The fraction of sp³-hybridized carbons (Fsp3) is 0.500. The lowest BCUT2D eigenvalue weighted by Crippen LogP contribution is -2.51. The molecule has 1 aromatic rings. The molecule has 0 unspecified atom stereocenters. The minimum absolute atomic E-state index is 0.258. The van der Waals surface area contributed by atoms with E-state index in [0.29, 0.717) is 37.9 Å². The molecule has 1 fully saturated rings. The van der Waals surface area contributed by atoms with Crippen molar-refractivity contribution in [2.45, 2.75) is 13.8 Å². The molecule has 0 bridgehead atoms. The van der Waals surface area contributed by atoms with Crippen molar-refractivity contribution in [2.24, 2.45) is 0 Å². The van der Waals surface area contributed by atoms with Crippen molar-refractivity contribution < 1.29 is 14.3 Å². The molecule has 0 saturated carbocycles. The van der Waals surface area contributed by atoms with Gasteiger partial charge in [0.1, 0.15) is 5.75 Å². The second kappa shape index (κ2) is 8.01. The molecule has 1 amide bonds. The van der Waals surface area contributed by atoms with Gasteiger partial charge < -0.3 is 24.6 Å². The fourth-order valence-corrected chi connectivity index (χ4v) is 2.71. The molecule has 1 aliphatic rings. The van der Waals surface area contributed by atoms with Crippen LogP contribution in [0.2, 0.25) is 0 Å². The Labute approximate surface area is 142 Å². The number of thiocarbonyl (C=S) groups is 1. The number of piperazine rings is 1. The SMILES string of the molecule is CCOC(=O)N1CCN(C(=S)Nc2cc(C)ccc2OC)CC1. The number of nitrogens with one attached hydrogen (secondary N) is 1. The van der Waals surface area contributed by atoms with E-state index in [-0.39, 0.29) is 6.09 Å². The summed E-state index contributed by atoms with van der Waals surface area (Å²) in [5, 5.41) is 3.88. The van der Waals surface area contributed by atoms with Crippen LogP contribution in [0, 0.1) is 6.92 Å². The number of nitrogens with zero attached hydrogens (tertiary/aromatic N) is 2. The van der Waals surface area contributed by atoms with Gasteiger partial charge in [-0.1, -0.05) is 6.07 Å². The first-order valence-corrected chi connectivity index (χ1v) is 8.08. The lowest BCUT2D eigenvalue weighted by molar-refractivity contribution is 0.0923. The number of hydrogen-bond acceptors (Lipinski definition) is 4. The second-order valence-electron chi connectivity index (χ2n) is 5.31. The minimum atomic E-state index is -0.258. The van der Waals surface area contributed by atoms with E-state index in [2.05, 4.69) is 5.32 Å². The molecule has 126 valence electrons. The van der Waals surface area contributed by atoms with Gasteiger partial charge in [-0.15, -0.1) is 0 Å². The van der Waals surface area contributed by atoms with Gasteiger partial charge in [0, 0.05) is 26.2 Å². The van der Waals surface area contributed by atoms with Gasteiger partial charge in [0.15, 0.2) is 5.11 Å². The van der Waals surface area contributed by atoms with Gasteiger partial charge in [-0.25, -0.2) is 4.79 Å². The number of aryl methyl sites for hydroxylation is 1. The van der Waals surface area contributed by atoms with Crippen LogP contribution in [0.25, 0.3) is 0 Å². The van der Waals surface area contributed by atoms with Gasteiger partial charge in [-0.2, -0.15) is 0 Å². The number of carbonyl (C=O) groups is 1. The summed E-state index contributed by atoms with van der Waals surface area (Å²) in [4.78, 5) is 15.5. The van der Waals surface area contributed by atoms with Gasteiger partial charge in [0.05, 0.1) is 19.4 Å². The van der Waals surface area contributed by atoms with Crippen molar-refractivity contribution in [2.75, 3.05) is 45.2 Å². The molecular formula is C16H23N3O3S. The number of methoxy groups -OCH3 is 1. The molecule has 1 aliphatic heterocycles. The van der Waals surface area contributed by atoms with E-state index in [0.717, 1.165) is 17.0 Å². The first-order chi connectivity index (χ1) is 11.0. The van der Waals surface area contributed by atoms with Crippen LogP contribution in [0.1, 0.15) is 12.5 Å². The summed E-state index contributed by atoms with van der Waals surface area (Å²) in [6.07, 6.45) is -0.258. The number of hydrogen-bond donors (Lipinski definition) is 1. The second-order valence-corrected chi connectivity index (χ2v) is 5.69. The van der Waals surface area contributed by atoms with Crippen LogP contribution < -0.4 is 10.1 Å². The molecule has 0 atom stereocenters. The van der Waals surface area contributed by atoms with Crippen molar-refractivity contribution in [3.63, 3.8) is 0 Å². The summed E-state index contributed by atoms with van der Waals surface area (Å²) in [7, 11) is 1.64. The van der Waals surface area contributed by atoms with Crippen LogP contribution >= 0.6 is 12.2 Å². The van der Waals surface area contributed by atoms with Gasteiger partial charge in [-0.05, 0) is 43.8 Å². The lowest BCUT2D eigenvalue weighted by Gasteiger charge is -2.35. The highest BCUT2D eigenvalue weighted by Gasteiger charge is 2.23. The highest BCUT2D eigenvalue weighted by atomic mass is 32.1. The lowest BCUT2D eigenvalue weighted by atomic mass is 10.2. The molecule has 23 heavy (non-hydrogen) atoms. The first kappa shape index (κ1) is 17.3. The van der Waals surface area contributed by atoms with E-state index >= 15 is 0 Å². The molecule has 2 rings (SSSR count). The van der Waals surface area contributed by atoms with Crippen LogP contribution in [-0.4, -0.2) is 60.9 Å². The van der Waals surface area contributed by atoms with Crippen LogP contribution in [0.5, 0.6) is 5.75 Å². The standard InChI is InChI=1S/C16H23N3O3S/c1-4-22-16(20)19-9-7-18(8-10-19)15(23)17-13-11-12(2)5-6-14(13)21-3/h5-6,11H,4,7-10H2,1-3H3,(H,17,23). The maximum Gasteiger partial charge on any atom is 0.409 e. The van der Waals surface area contributed by atoms with Gasteiger partial charge in [0.25, 0.3) is 0 Å². The molecule has 0 radical (unpaired) electrons. The summed E-state index contributed by atoms with van der Waals surface area (Å²) < 4.78 is 10.4. The van der Waals surface area contributed by atoms with Crippen LogP contribution in [0.15, 0.2) is 18.2 Å². The Bertz CT molecular complexity index is 572. The van der Waals surface area contributed by atoms with E-state index < -0.39 is 0 Å². The Morgan fingerprint density at radius 1 is 1.26 bits per heavy atom. The number of rotatable bonds is 3. The van der Waals surface area contributed by atoms with E-state index in [1.807, 2.05) is 36.9 Å². The Balaban J connectivity index is 1.93. The van der Waals surface area contributed by atoms with Crippen LogP contribution in [0.3, 0.4) is 0 Å². The Hall–Kier alpha value is -2.02. The van der Waals surface area contributed by atoms with Crippen molar-refractivity contribution >= 4 is 29.1 Å². The quantitative estimate of drug-likeness (QED) is 0.855. The molecule has 0 spiro atoms. The number of benzene rings is 1. The molecule has 6 nitrogen and oxygen atoms in total. The Morgan fingerprint density at radius 2 is 1.91 bits per heavy atom. The van der Waals surface area contributed by atoms with E-state index in [1.54, 1.807) is 12.0 Å². The fourth-order valence-electron chi connectivity index (χ4n) is 2.42. The Morgan fingerprint density at radius 3 is 2.52 bits per heavy atom. The molecule has 1 N–H and O–H groups in total. The predicted molar refractivity (Wildman–Crippen MR) is 94.1 cm³/mol. The highest BCUT2D eigenvalue weighted by molar-refractivity contribution is 7.80. The average Bonchev–Trinajstić information content (AvgIpc) is 2.55. The summed E-state index contributed by atoms with van der Waals surface area (Å²) in [6, 6.07) is 5.91. The number of carbonyl (C=O) groups excluding carboxylic acids is 1. The molecule has 1 aromatic carbocycles. The molecular weight excluding hydrogens is 314 g/mol. The number of ether oxygens (including phenoxy) is 2. The zero-order chi connectivity index (χ0) is 16.8. The zero-order valence-electron chi connectivity index (χ0n) is 13.8. The predicted octanol–water partition coefficient (Wildman–Crippen LogP) is 2.47. The topological polar surface area (TPSA) is 54.0 Å². The zero-order valence-corrected chi connectivity index (χ0v) is 14.6. The minimum Gasteiger partial charge on any atom is -0.495 e. The van der Waals surface area contributed by atoms with Crippen molar-refractivity contribution in [1.82, 2.24) is 9.80 Å². The van der Waals surface area contributed by atoms with E-state index in [9.17, 15) is 4.79 Å². The summed E-state index contributed by atoms with van der Waals surface area (Å²) in [5.41, 5.74) is 1.98. The summed E-state index contributed by atoms with van der Waals surface area (Å²) >= 11 is 5.49. The third-order valence-electron chi connectivity index (χ3n) is 3.69. The highest BCUT2D eigenvalue weighted by Crippen LogP contribution is 2.25. The average molecular weight is 337 g/mol. The molecule has 7 heteroatoms. The maximum atomic E-state index is 11.7. The molecule has 0 aromatic heterocycles. The van der Waals surface area contributed by atoms with Crippen molar-refractivity contribution in [3.05, 3.63) is 23.8 Å². The largest absolute Gasteiger partial charge is 0.495 e. The summed E-state index contributed by atoms with van der Waals surface area (Å²) in [6.45, 7) is 6.79. The van der Waals surface area contributed by atoms with Crippen molar-refractivity contribution in [3.8, 4) is 5.75 Å². The van der Waals surface area contributed by atoms with E-state index in [4.69, 9.17) is 21.7 Å². The third kappa shape index (κ3) is 4.48. The van der Waals surface area contributed by atoms with Gasteiger partial charge in [-0.3, -0.25) is 0 Å². The monoisotopic (exact) mass is 337 g/mol. The van der Waals surface area contributed by atoms with Crippen LogP contribution in [-0.2, 0) is 4.74 Å². The summed E-state index contributed by atoms with van der Waals surface area (Å²) in [5.74, 6) is 0.753. The smallest absolute Gasteiger partial charge is 0.409 e. The maximum absolute atomic E-state index is 11.7. The Kier molecular flexibility index (Phi) is 6.04. The van der Waals surface area contributed by atoms with Gasteiger partial charge in [0.2, 0.25) is 0 Å². The van der Waals surface area contributed by atoms with Crippen molar-refractivity contribution in [1.29, 1.82) is 0 Å². The number of anilines is 1. The molecule has 0 aliphatic carbocycles. The molecule has 1 saturated heterocycles. The van der Waals surface area contributed by atoms with E-state index in [1.165, 1.54) is 0 Å². The third-order valence-corrected chi connectivity index (χ3v) is 4.05.